The zero-order valence-corrected chi connectivity index (χ0v) is 6.82. The van der Waals surface area contributed by atoms with Crippen molar-refractivity contribution in [1.82, 2.24) is 5.32 Å². The number of nitrogens with one attached hydrogen (secondary N) is 1. The summed E-state index contributed by atoms with van der Waals surface area (Å²) in [6.07, 6.45) is 5.87. The van der Waals surface area contributed by atoms with Crippen LogP contribution in [-0.4, -0.2) is 13.1 Å². The second kappa shape index (κ2) is 2.23. The van der Waals surface area contributed by atoms with Gasteiger partial charge in [0.15, 0.2) is 0 Å². The number of rotatable bonds is 2. The van der Waals surface area contributed by atoms with Crippen LogP contribution in [0.5, 0.6) is 0 Å². The molecule has 0 amide bonds. The van der Waals surface area contributed by atoms with Crippen LogP contribution < -0.4 is 5.32 Å². The van der Waals surface area contributed by atoms with Gasteiger partial charge in [0.05, 0.1) is 0 Å². The molecule has 1 heterocycles. The van der Waals surface area contributed by atoms with Crippen LogP contribution in [-0.2, 0) is 0 Å². The first kappa shape index (κ1) is 6.66. The molecule has 1 aliphatic carbocycles. The molecule has 1 unspecified atom stereocenters. The van der Waals surface area contributed by atoms with Crippen LogP contribution in [0.2, 0.25) is 0 Å². The fourth-order valence-corrected chi connectivity index (χ4v) is 2.39. The van der Waals surface area contributed by atoms with Gasteiger partial charge in [-0.3, -0.25) is 0 Å². The number of hydrogen-bond acceptors (Lipinski definition) is 1. The quantitative estimate of drug-likeness (QED) is 0.615. The van der Waals surface area contributed by atoms with Crippen LogP contribution in [0.3, 0.4) is 0 Å². The highest BCUT2D eigenvalue weighted by Gasteiger charge is 2.47. The van der Waals surface area contributed by atoms with Crippen LogP contribution in [0, 0.1) is 11.3 Å². The summed E-state index contributed by atoms with van der Waals surface area (Å²) in [6.45, 7) is 4.92. The highest BCUT2D eigenvalue weighted by atomic mass is 14.9. The van der Waals surface area contributed by atoms with Crippen molar-refractivity contribution < 1.29 is 0 Å². The zero-order chi connectivity index (χ0) is 7.03. The third-order valence-corrected chi connectivity index (χ3v) is 3.52. The lowest BCUT2D eigenvalue weighted by atomic mass is 9.86. The van der Waals surface area contributed by atoms with Gasteiger partial charge in [-0.1, -0.05) is 13.3 Å². The zero-order valence-electron chi connectivity index (χ0n) is 6.82. The molecule has 0 aromatic heterocycles. The molecule has 0 radical (unpaired) electrons. The lowest BCUT2D eigenvalue weighted by molar-refractivity contribution is 0.321. The van der Waals surface area contributed by atoms with Crippen molar-refractivity contribution in [2.45, 2.75) is 32.6 Å². The van der Waals surface area contributed by atoms with Gasteiger partial charge in [0.25, 0.3) is 0 Å². The van der Waals surface area contributed by atoms with E-state index in [-0.39, 0.29) is 0 Å². The van der Waals surface area contributed by atoms with Crippen molar-refractivity contribution in [1.29, 1.82) is 0 Å². The van der Waals surface area contributed by atoms with Crippen LogP contribution >= 0.6 is 0 Å². The Morgan fingerprint density at radius 3 is 2.70 bits per heavy atom. The molecule has 1 saturated carbocycles. The third-order valence-electron chi connectivity index (χ3n) is 3.52. The SMILES string of the molecule is CCC1(C2CCNC2)CC1. The van der Waals surface area contributed by atoms with Crippen LogP contribution in [0.4, 0.5) is 0 Å². The Bertz CT molecular complexity index is 121. The molecule has 1 nitrogen and oxygen atoms in total. The smallest absolute Gasteiger partial charge is 0.00147 e. The molecule has 2 fully saturated rings. The molecule has 2 rings (SSSR count). The van der Waals surface area contributed by atoms with Gasteiger partial charge >= 0.3 is 0 Å². The predicted molar refractivity (Wildman–Crippen MR) is 42.9 cm³/mol. The minimum absolute atomic E-state index is 0.809. The van der Waals surface area contributed by atoms with E-state index in [4.69, 9.17) is 0 Å². The molecule has 1 saturated heterocycles. The standard InChI is InChI=1S/C9H17N/c1-2-9(4-5-9)8-3-6-10-7-8/h8,10H,2-7H2,1H3. The third kappa shape index (κ3) is 0.878. The first-order chi connectivity index (χ1) is 4.87. The lowest BCUT2D eigenvalue weighted by Crippen LogP contribution is -2.18. The van der Waals surface area contributed by atoms with E-state index in [0.29, 0.717) is 0 Å². The molecule has 0 aromatic carbocycles. The molecular weight excluding hydrogens is 122 g/mol. The van der Waals surface area contributed by atoms with E-state index in [1.54, 1.807) is 0 Å². The fraction of sp³-hybridized carbons (Fsp3) is 1.00. The summed E-state index contributed by atoms with van der Waals surface area (Å²) in [5.74, 6) is 1.03. The Labute approximate surface area is 63.2 Å². The molecule has 10 heavy (non-hydrogen) atoms. The Morgan fingerprint density at radius 2 is 2.30 bits per heavy atom. The lowest BCUT2D eigenvalue weighted by Gasteiger charge is -2.19. The maximum Gasteiger partial charge on any atom is -0.00147 e. The fourth-order valence-electron chi connectivity index (χ4n) is 2.39. The first-order valence-corrected chi connectivity index (χ1v) is 4.58. The van der Waals surface area contributed by atoms with Crippen molar-refractivity contribution in [3.05, 3.63) is 0 Å². The molecule has 58 valence electrons. The summed E-state index contributed by atoms with van der Waals surface area (Å²) in [5.41, 5.74) is 0.809. The molecule has 0 spiro atoms. The summed E-state index contributed by atoms with van der Waals surface area (Å²) in [5, 5.41) is 3.45. The van der Waals surface area contributed by atoms with Gasteiger partial charge in [-0.2, -0.15) is 0 Å². The molecule has 2 aliphatic rings. The number of hydrogen-bond donors (Lipinski definition) is 1. The van der Waals surface area contributed by atoms with Gasteiger partial charge in [-0.15, -0.1) is 0 Å². The highest BCUT2D eigenvalue weighted by Crippen LogP contribution is 2.56. The normalized spacial score (nSPS) is 36.3. The molecule has 1 heteroatoms. The van der Waals surface area contributed by atoms with Gasteiger partial charge in [-0.25, -0.2) is 0 Å². The Balaban J connectivity index is 1.96. The minimum Gasteiger partial charge on any atom is -0.316 e. The molecule has 0 bridgehead atoms. The largest absolute Gasteiger partial charge is 0.316 e. The Hall–Kier alpha value is -0.0400. The Kier molecular flexibility index (Phi) is 1.48. The van der Waals surface area contributed by atoms with E-state index in [0.717, 1.165) is 11.3 Å². The average Bonchev–Trinajstić information content (AvgIpc) is 2.58. The van der Waals surface area contributed by atoms with E-state index in [1.165, 1.54) is 38.8 Å². The van der Waals surface area contributed by atoms with Gasteiger partial charge in [0, 0.05) is 0 Å². The van der Waals surface area contributed by atoms with Crippen LogP contribution in [0.15, 0.2) is 0 Å². The predicted octanol–water partition coefficient (Wildman–Crippen LogP) is 1.79. The van der Waals surface area contributed by atoms with Crippen molar-refractivity contribution in [2.24, 2.45) is 11.3 Å². The summed E-state index contributed by atoms with van der Waals surface area (Å²) < 4.78 is 0. The van der Waals surface area contributed by atoms with Crippen molar-refractivity contribution in [2.75, 3.05) is 13.1 Å². The van der Waals surface area contributed by atoms with E-state index in [1.807, 2.05) is 0 Å². The van der Waals surface area contributed by atoms with Gasteiger partial charge in [0.1, 0.15) is 0 Å². The van der Waals surface area contributed by atoms with E-state index in [9.17, 15) is 0 Å². The molecule has 1 aliphatic heterocycles. The molecule has 0 aromatic rings. The van der Waals surface area contributed by atoms with Crippen molar-refractivity contribution in [3.8, 4) is 0 Å². The highest BCUT2D eigenvalue weighted by molar-refractivity contribution is 4.99. The second-order valence-electron chi connectivity index (χ2n) is 3.91. The van der Waals surface area contributed by atoms with Crippen molar-refractivity contribution in [3.63, 3.8) is 0 Å². The van der Waals surface area contributed by atoms with Crippen LogP contribution in [0.1, 0.15) is 32.6 Å². The van der Waals surface area contributed by atoms with Crippen molar-refractivity contribution >= 4 is 0 Å². The van der Waals surface area contributed by atoms with Crippen LogP contribution in [0.25, 0.3) is 0 Å². The Morgan fingerprint density at radius 1 is 1.50 bits per heavy atom. The summed E-state index contributed by atoms with van der Waals surface area (Å²) in [4.78, 5) is 0. The van der Waals surface area contributed by atoms with E-state index < -0.39 is 0 Å². The molecular formula is C9H17N. The molecule has 1 atom stereocenters. The maximum atomic E-state index is 3.45. The van der Waals surface area contributed by atoms with Gasteiger partial charge in [0.2, 0.25) is 0 Å². The minimum atomic E-state index is 0.809. The van der Waals surface area contributed by atoms with E-state index >= 15 is 0 Å². The topological polar surface area (TPSA) is 12.0 Å². The summed E-state index contributed by atoms with van der Waals surface area (Å²) in [6, 6.07) is 0. The molecule has 1 N–H and O–H groups in total. The van der Waals surface area contributed by atoms with E-state index in [2.05, 4.69) is 12.2 Å². The average molecular weight is 139 g/mol. The first-order valence-electron chi connectivity index (χ1n) is 4.58. The monoisotopic (exact) mass is 139 g/mol. The van der Waals surface area contributed by atoms with Gasteiger partial charge in [-0.05, 0) is 43.7 Å². The summed E-state index contributed by atoms with van der Waals surface area (Å²) in [7, 11) is 0. The van der Waals surface area contributed by atoms with Gasteiger partial charge < -0.3 is 5.32 Å². The second-order valence-corrected chi connectivity index (χ2v) is 3.91. The summed E-state index contributed by atoms with van der Waals surface area (Å²) >= 11 is 0. The maximum absolute atomic E-state index is 3.45.